The molecule has 2 aromatic carbocycles. The lowest BCUT2D eigenvalue weighted by Gasteiger charge is -2.40. The van der Waals surface area contributed by atoms with Gasteiger partial charge in [0.15, 0.2) is 0 Å². The fourth-order valence-electron chi connectivity index (χ4n) is 5.05. The highest BCUT2D eigenvalue weighted by molar-refractivity contribution is 6.06. The average Bonchev–Trinajstić information content (AvgIpc) is 3.47. The van der Waals surface area contributed by atoms with Crippen molar-refractivity contribution in [3.05, 3.63) is 78.1 Å². The molecule has 1 spiro atoms. The van der Waals surface area contributed by atoms with Crippen LogP contribution in [0.4, 0.5) is 4.79 Å². The van der Waals surface area contributed by atoms with Gasteiger partial charge in [-0.3, -0.25) is 14.6 Å². The minimum Gasteiger partial charge on any atom is -0.497 e. The summed E-state index contributed by atoms with van der Waals surface area (Å²) in [5.41, 5.74) is 2.41. The molecule has 0 bridgehead atoms. The van der Waals surface area contributed by atoms with Crippen LogP contribution in [-0.4, -0.2) is 59.4 Å². The molecule has 0 unspecified atom stereocenters. The Labute approximate surface area is 199 Å². The minimum absolute atomic E-state index is 0.0877. The summed E-state index contributed by atoms with van der Waals surface area (Å²) < 4.78 is 10.7. The quantitative estimate of drug-likeness (QED) is 0.512. The number of hydrogen-bond acceptors (Lipinski definition) is 5. The molecule has 0 radical (unpaired) electrons. The van der Waals surface area contributed by atoms with Crippen molar-refractivity contribution in [2.24, 2.45) is 0 Å². The molecule has 0 aliphatic carbocycles. The first-order chi connectivity index (χ1) is 16.5. The van der Waals surface area contributed by atoms with Gasteiger partial charge in [-0.05, 0) is 54.3 Å². The normalized spacial score (nSPS) is 18.2. The number of hydrogen-bond donors (Lipinski definition) is 0. The predicted molar refractivity (Wildman–Crippen MR) is 128 cm³/mol. The number of likely N-dealkylation sites (N-methyl/N-ethyl adjacent to an activating group) is 1. The van der Waals surface area contributed by atoms with E-state index in [0.29, 0.717) is 12.8 Å². The van der Waals surface area contributed by atoms with Crippen LogP contribution >= 0.6 is 0 Å². The number of piperidine rings is 1. The van der Waals surface area contributed by atoms with Gasteiger partial charge >= 0.3 is 6.03 Å². The molecule has 7 nitrogen and oxygen atoms in total. The van der Waals surface area contributed by atoms with Gasteiger partial charge in [-0.25, -0.2) is 4.79 Å². The van der Waals surface area contributed by atoms with Crippen molar-refractivity contribution >= 4 is 11.9 Å². The highest BCUT2D eigenvalue weighted by Crippen LogP contribution is 2.37. The van der Waals surface area contributed by atoms with Crippen LogP contribution in [0.15, 0.2) is 71.3 Å². The SMILES string of the molecule is COc1ccc(CN2C(=O)N(C)C3(CCN(Cc4cccc(-c5ccco5)c4)CC3)C2=O)cc1. The monoisotopic (exact) mass is 459 g/mol. The van der Waals surface area contributed by atoms with Gasteiger partial charge in [-0.1, -0.05) is 30.3 Å². The number of amides is 3. The minimum atomic E-state index is -0.754. The van der Waals surface area contributed by atoms with E-state index < -0.39 is 5.54 Å². The summed E-state index contributed by atoms with van der Waals surface area (Å²) in [5, 5.41) is 0. The number of carbonyl (C=O) groups excluding carboxylic acids is 2. The Morgan fingerprint density at radius 3 is 2.38 bits per heavy atom. The maximum Gasteiger partial charge on any atom is 0.327 e. The van der Waals surface area contributed by atoms with Crippen molar-refractivity contribution in [1.82, 2.24) is 14.7 Å². The third-order valence-corrected chi connectivity index (χ3v) is 7.12. The Balaban J connectivity index is 1.25. The van der Waals surface area contributed by atoms with E-state index in [1.54, 1.807) is 25.3 Å². The smallest absolute Gasteiger partial charge is 0.327 e. The van der Waals surface area contributed by atoms with Gasteiger partial charge in [-0.15, -0.1) is 0 Å². The van der Waals surface area contributed by atoms with Crippen molar-refractivity contribution in [1.29, 1.82) is 0 Å². The first kappa shape index (κ1) is 22.2. The molecule has 2 saturated heterocycles. The molecule has 2 fully saturated rings. The predicted octanol–water partition coefficient (Wildman–Crippen LogP) is 4.38. The molecule has 2 aliphatic heterocycles. The van der Waals surface area contributed by atoms with E-state index in [-0.39, 0.29) is 18.5 Å². The summed E-state index contributed by atoms with van der Waals surface area (Å²) in [6, 6.07) is 19.5. The fraction of sp³-hybridized carbons (Fsp3) is 0.333. The van der Waals surface area contributed by atoms with E-state index in [0.717, 1.165) is 42.3 Å². The number of urea groups is 1. The molecule has 34 heavy (non-hydrogen) atoms. The molecular weight excluding hydrogens is 430 g/mol. The van der Waals surface area contributed by atoms with Crippen LogP contribution in [0, 0.1) is 0 Å². The molecule has 0 atom stereocenters. The molecule has 3 heterocycles. The second-order valence-corrected chi connectivity index (χ2v) is 9.07. The second-order valence-electron chi connectivity index (χ2n) is 9.07. The van der Waals surface area contributed by atoms with Gasteiger partial charge in [0.05, 0.1) is 19.9 Å². The third-order valence-electron chi connectivity index (χ3n) is 7.12. The number of carbonyl (C=O) groups is 2. The van der Waals surface area contributed by atoms with E-state index in [1.165, 1.54) is 10.5 Å². The van der Waals surface area contributed by atoms with Crippen LogP contribution in [0.5, 0.6) is 5.75 Å². The number of rotatable bonds is 6. The topological polar surface area (TPSA) is 66.2 Å². The van der Waals surface area contributed by atoms with Crippen LogP contribution in [0.2, 0.25) is 0 Å². The molecule has 1 aromatic heterocycles. The fourth-order valence-corrected chi connectivity index (χ4v) is 5.05. The van der Waals surface area contributed by atoms with Crippen molar-refractivity contribution in [2.75, 3.05) is 27.2 Å². The van der Waals surface area contributed by atoms with Crippen LogP contribution in [0.1, 0.15) is 24.0 Å². The molecule has 5 rings (SSSR count). The first-order valence-electron chi connectivity index (χ1n) is 11.6. The largest absolute Gasteiger partial charge is 0.497 e. The van der Waals surface area contributed by atoms with Crippen molar-refractivity contribution in [3.63, 3.8) is 0 Å². The average molecular weight is 460 g/mol. The Morgan fingerprint density at radius 1 is 0.941 bits per heavy atom. The summed E-state index contributed by atoms with van der Waals surface area (Å²) >= 11 is 0. The lowest BCUT2D eigenvalue weighted by atomic mass is 9.86. The number of methoxy groups -OCH3 is 1. The second kappa shape index (κ2) is 8.99. The van der Waals surface area contributed by atoms with Crippen molar-refractivity contribution in [3.8, 4) is 17.1 Å². The Kier molecular flexibility index (Phi) is 5.87. The van der Waals surface area contributed by atoms with E-state index in [1.807, 2.05) is 48.5 Å². The zero-order valence-corrected chi connectivity index (χ0v) is 19.6. The number of furan rings is 1. The highest BCUT2D eigenvalue weighted by atomic mass is 16.5. The molecule has 0 N–H and O–H groups in total. The summed E-state index contributed by atoms with van der Waals surface area (Å²) in [4.78, 5) is 31.9. The van der Waals surface area contributed by atoms with E-state index in [4.69, 9.17) is 9.15 Å². The van der Waals surface area contributed by atoms with E-state index >= 15 is 0 Å². The Hall–Kier alpha value is -3.58. The van der Waals surface area contributed by atoms with Crippen LogP contribution in [0.25, 0.3) is 11.3 Å². The number of benzene rings is 2. The van der Waals surface area contributed by atoms with E-state index in [2.05, 4.69) is 17.0 Å². The lowest BCUT2D eigenvalue weighted by Crippen LogP contribution is -2.55. The van der Waals surface area contributed by atoms with Gasteiger partial charge in [0.1, 0.15) is 17.0 Å². The zero-order chi connectivity index (χ0) is 23.7. The maximum atomic E-state index is 13.5. The maximum absolute atomic E-state index is 13.5. The van der Waals surface area contributed by atoms with Gasteiger partial charge in [-0.2, -0.15) is 0 Å². The van der Waals surface area contributed by atoms with Gasteiger partial charge < -0.3 is 14.1 Å². The van der Waals surface area contributed by atoms with Crippen LogP contribution in [-0.2, 0) is 17.9 Å². The number of nitrogens with zero attached hydrogens (tertiary/aromatic N) is 3. The molecule has 0 saturated carbocycles. The molecule has 176 valence electrons. The van der Waals surface area contributed by atoms with Gasteiger partial charge in [0.2, 0.25) is 0 Å². The van der Waals surface area contributed by atoms with Crippen LogP contribution in [0.3, 0.4) is 0 Å². The molecule has 7 heteroatoms. The number of ether oxygens (including phenoxy) is 1. The Bertz CT molecular complexity index is 1160. The van der Waals surface area contributed by atoms with Crippen molar-refractivity contribution < 1.29 is 18.7 Å². The molecule has 3 aromatic rings. The number of imide groups is 1. The molecule has 2 aliphatic rings. The number of likely N-dealkylation sites (tertiary alicyclic amines) is 1. The lowest BCUT2D eigenvalue weighted by molar-refractivity contribution is -0.135. The molecule has 3 amide bonds. The van der Waals surface area contributed by atoms with Crippen LogP contribution < -0.4 is 4.74 Å². The molecular formula is C27H29N3O4. The standard InChI is InChI=1S/C27H29N3O4/c1-28-26(32)30(19-20-8-10-23(33-2)11-9-20)25(31)27(28)12-14-29(15-13-27)18-21-5-3-6-22(17-21)24-7-4-16-34-24/h3-11,16-17H,12-15,18-19H2,1-2H3. The Morgan fingerprint density at radius 2 is 1.71 bits per heavy atom. The summed E-state index contributed by atoms with van der Waals surface area (Å²) in [6.45, 7) is 2.58. The summed E-state index contributed by atoms with van der Waals surface area (Å²) in [5.74, 6) is 1.52. The first-order valence-corrected chi connectivity index (χ1v) is 11.6. The van der Waals surface area contributed by atoms with E-state index in [9.17, 15) is 9.59 Å². The van der Waals surface area contributed by atoms with Gasteiger partial charge in [0.25, 0.3) is 5.91 Å². The highest BCUT2D eigenvalue weighted by Gasteiger charge is 2.56. The van der Waals surface area contributed by atoms with Crippen molar-refractivity contribution in [2.45, 2.75) is 31.5 Å². The third kappa shape index (κ3) is 3.96. The zero-order valence-electron chi connectivity index (χ0n) is 19.6. The van der Waals surface area contributed by atoms with Gasteiger partial charge in [0, 0.05) is 32.2 Å². The summed E-state index contributed by atoms with van der Waals surface area (Å²) in [6.07, 6.45) is 2.94. The summed E-state index contributed by atoms with van der Waals surface area (Å²) in [7, 11) is 3.38.